The van der Waals surface area contributed by atoms with Crippen molar-refractivity contribution < 1.29 is 9.26 Å². The molecule has 0 aliphatic rings. The molecular weight excluding hydrogens is 168 g/mol. The zero-order valence-corrected chi connectivity index (χ0v) is 6.94. The van der Waals surface area contributed by atoms with E-state index in [2.05, 4.69) is 5.16 Å². The molecule has 0 saturated heterocycles. The quantitative estimate of drug-likeness (QED) is 0.660. The van der Waals surface area contributed by atoms with Crippen molar-refractivity contribution in [1.29, 1.82) is 5.26 Å². The smallest absolute Gasteiger partial charge is 0.170 e. The molecule has 2 rings (SSSR count). The summed E-state index contributed by atoms with van der Waals surface area (Å²) in [4.78, 5) is 0. The van der Waals surface area contributed by atoms with Crippen molar-refractivity contribution in [2.75, 3.05) is 7.11 Å². The lowest BCUT2D eigenvalue weighted by molar-refractivity contribution is 0.410. The molecule has 0 atom stereocenters. The maximum absolute atomic E-state index is 8.77. The molecule has 0 spiro atoms. The van der Waals surface area contributed by atoms with Gasteiger partial charge in [0.05, 0.1) is 18.9 Å². The Morgan fingerprint density at radius 3 is 3.08 bits per heavy atom. The second-order valence-electron chi connectivity index (χ2n) is 2.53. The van der Waals surface area contributed by atoms with Crippen LogP contribution >= 0.6 is 0 Å². The molecular formula is C9H6N2O2. The zero-order valence-electron chi connectivity index (χ0n) is 6.94. The molecule has 1 aromatic heterocycles. The molecule has 0 unspecified atom stereocenters. The molecule has 0 fully saturated rings. The van der Waals surface area contributed by atoms with E-state index in [0.717, 1.165) is 5.39 Å². The number of ether oxygens (including phenoxy) is 1. The summed E-state index contributed by atoms with van der Waals surface area (Å²) in [6, 6.07) is 5.37. The van der Waals surface area contributed by atoms with Crippen LogP contribution in [0.2, 0.25) is 0 Å². The van der Waals surface area contributed by atoms with E-state index >= 15 is 0 Å². The Morgan fingerprint density at radius 2 is 2.38 bits per heavy atom. The summed E-state index contributed by atoms with van der Waals surface area (Å²) in [5.74, 6) is 0.506. The first kappa shape index (κ1) is 7.62. The van der Waals surface area contributed by atoms with Gasteiger partial charge >= 0.3 is 0 Å². The van der Waals surface area contributed by atoms with Crippen molar-refractivity contribution in [2.45, 2.75) is 0 Å². The largest absolute Gasteiger partial charge is 0.495 e. The highest BCUT2D eigenvalue weighted by Gasteiger charge is 2.06. The van der Waals surface area contributed by atoms with Gasteiger partial charge in [-0.3, -0.25) is 0 Å². The van der Waals surface area contributed by atoms with Crippen molar-refractivity contribution in [1.82, 2.24) is 5.16 Å². The van der Waals surface area contributed by atoms with Crippen LogP contribution in [0, 0.1) is 11.3 Å². The lowest BCUT2D eigenvalue weighted by Gasteiger charge is -2.00. The summed E-state index contributed by atoms with van der Waals surface area (Å²) >= 11 is 0. The Kier molecular flexibility index (Phi) is 1.64. The minimum absolute atomic E-state index is 0.484. The Labute approximate surface area is 74.3 Å². The molecule has 0 saturated carbocycles. The van der Waals surface area contributed by atoms with Crippen molar-refractivity contribution in [2.24, 2.45) is 0 Å². The first-order valence-corrected chi connectivity index (χ1v) is 3.67. The van der Waals surface area contributed by atoms with E-state index in [9.17, 15) is 0 Å². The van der Waals surface area contributed by atoms with Crippen LogP contribution in [0.15, 0.2) is 22.9 Å². The molecule has 1 aromatic carbocycles. The summed E-state index contributed by atoms with van der Waals surface area (Å²) in [5.41, 5.74) is 1.11. The fourth-order valence-electron chi connectivity index (χ4n) is 1.15. The first-order chi connectivity index (χ1) is 6.35. The minimum Gasteiger partial charge on any atom is -0.495 e. The topological polar surface area (TPSA) is 59.1 Å². The van der Waals surface area contributed by atoms with Gasteiger partial charge in [-0.25, -0.2) is 0 Å². The third-order valence-corrected chi connectivity index (χ3v) is 1.80. The average Bonchev–Trinajstić information content (AvgIpc) is 2.62. The van der Waals surface area contributed by atoms with E-state index in [1.165, 1.54) is 7.11 Å². The molecule has 4 heteroatoms. The lowest BCUT2D eigenvalue weighted by Crippen LogP contribution is -1.86. The third kappa shape index (κ3) is 1.11. The molecule has 1 heterocycles. The van der Waals surface area contributed by atoms with Gasteiger partial charge in [0.15, 0.2) is 5.58 Å². The summed E-state index contributed by atoms with van der Waals surface area (Å²) < 4.78 is 9.92. The van der Waals surface area contributed by atoms with Gasteiger partial charge in [0, 0.05) is 11.5 Å². The summed E-state index contributed by atoms with van der Waals surface area (Å²) in [7, 11) is 1.51. The van der Waals surface area contributed by atoms with Gasteiger partial charge in [0.25, 0.3) is 0 Å². The van der Waals surface area contributed by atoms with Gasteiger partial charge < -0.3 is 9.26 Å². The lowest BCUT2D eigenvalue weighted by atomic mass is 10.1. The maximum atomic E-state index is 8.77. The highest BCUT2D eigenvalue weighted by molar-refractivity contribution is 5.80. The third-order valence-electron chi connectivity index (χ3n) is 1.80. The Balaban J connectivity index is 2.76. The van der Waals surface area contributed by atoms with Crippen LogP contribution in [-0.4, -0.2) is 12.3 Å². The number of nitrogens with zero attached hydrogens (tertiary/aromatic N) is 2. The van der Waals surface area contributed by atoms with Crippen LogP contribution in [0.5, 0.6) is 5.75 Å². The van der Waals surface area contributed by atoms with E-state index in [1.807, 2.05) is 6.07 Å². The molecule has 13 heavy (non-hydrogen) atoms. The molecule has 0 N–H and O–H groups in total. The van der Waals surface area contributed by atoms with Gasteiger partial charge in [-0.1, -0.05) is 5.16 Å². The van der Waals surface area contributed by atoms with Crippen molar-refractivity contribution in [3.8, 4) is 11.8 Å². The fourth-order valence-corrected chi connectivity index (χ4v) is 1.15. The number of hydrogen-bond acceptors (Lipinski definition) is 4. The van der Waals surface area contributed by atoms with Crippen molar-refractivity contribution in [3.05, 3.63) is 23.9 Å². The molecule has 0 aliphatic carbocycles. The van der Waals surface area contributed by atoms with Crippen molar-refractivity contribution in [3.63, 3.8) is 0 Å². The first-order valence-electron chi connectivity index (χ1n) is 3.67. The Morgan fingerprint density at radius 1 is 1.54 bits per heavy atom. The SMILES string of the molecule is COc1cc2oncc2cc1C#N. The van der Waals surface area contributed by atoms with E-state index in [1.54, 1.807) is 18.3 Å². The number of aromatic nitrogens is 1. The summed E-state index contributed by atoms with van der Waals surface area (Å²) in [6.45, 7) is 0. The van der Waals surface area contributed by atoms with Gasteiger partial charge in [0.1, 0.15) is 11.8 Å². The zero-order chi connectivity index (χ0) is 9.26. The predicted molar refractivity (Wildman–Crippen MR) is 45.3 cm³/mol. The van der Waals surface area contributed by atoms with Crippen LogP contribution < -0.4 is 4.74 Å². The van der Waals surface area contributed by atoms with Crippen molar-refractivity contribution >= 4 is 11.0 Å². The normalized spacial score (nSPS) is 9.85. The number of methoxy groups -OCH3 is 1. The second-order valence-corrected chi connectivity index (χ2v) is 2.53. The number of fused-ring (bicyclic) bond motifs is 1. The van der Waals surface area contributed by atoms with Crippen LogP contribution in [0.1, 0.15) is 5.56 Å². The second kappa shape index (κ2) is 2.79. The minimum atomic E-state index is 0.484. The van der Waals surface area contributed by atoms with E-state index in [0.29, 0.717) is 16.9 Å². The predicted octanol–water partition coefficient (Wildman–Crippen LogP) is 1.71. The monoisotopic (exact) mass is 174 g/mol. The fraction of sp³-hybridized carbons (Fsp3) is 0.111. The Hall–Kier alpha value is -2.02. The Bertz CT molecular complexity index is 482. The summed E-state index contributed by atoms with van der Waals surface area (Å²) in [5, 5.41) is 13.2. The molecule has 0 radical (unpaired) electrons. The molecule has 4 nitrogen and oxygen atoms in total. The number of nitriles is 1. The number of hydrogen-bond donors (Lipinski definition) is 0. The molecule has 0 amide bonds. The van der Waals surface area contributed by atoms with Crippen LogP contribution in [0.4, 0.5) is 0 Å². The standard InChI is InChI=1S/C9H6N2O2/c1-12-8-3-9-7(5-11-13-9)2-6(8)4-10/h2-3,5H,1H3. The van der Waals surface area contributed by atoms with Crippen LogP contribution in [0.25, 0.3) is 11.0 Å². The number of rotatable bonds is 1. The average molecular weight is 174 g/mol. The highest BCUT2D eigenvalue weighted by Crippen LogP contribution is 2.24. The van der Waals surface area contributed by atoms with Gasteiger partial charge in [0.2, 0.25) is 0 Å². The highest BCUT2D eigenvalue weighted by atomic mass is 16.5. The van der Waals surface area contributed by atoms with E-state index < -0.39 is 0 Å². The maximum Gasteiger partial charge on any atom is 0.170 e. The van der Waals surface area contributed by atoms with E-state index in [-0.39, 0.29) is 0 Å². The van der Waals surface area contributed by atoms with Gasteiger partial charge in [-0.05, 0) is 6.07 Å². The van der Waals surface area contributed by atoms with Crippen LogP contribution in [0.3, 0.4) is 0 Å². The molecule has 0 aliphatic heterocycles. The molecule has 2 aromatic rings. The van der Waals surface area contributed by atoms with Gasteiger partial charge in [-0.2, -0.15) is 5.26 Å². The van der Waals surface area contributed by atoms with Crippen LogP contribution in [-0.2, 0) is 0 Å². The summed E-state index contributed by atoms with van der Waals surface area (Å²) in [6.07, 6.45) is 1.57. The van der Waals surface area contributed by atoms with Gasteiger partial charge in [-0.15, -0.1) is 0 Å². The molecule has 0 bridgehead atoms. The number of benzene rings is 1. The molecule has 64 valence electrons. The van der Waals surface area contributed by atoms with E-state index in [4.69, 9.17) is 14.5 Å².